The number of rotatable bonds is 4. The van der Waals surface area contributed by atoms with E-state index >= 15 is 0 Å². The molecule has 2 aromatic carbocycles. The van der Waals surface area contributed by atoms with E-state index in [-0.39, 0.29) is 16.5 Å². The van der Waals surface area contributed by atoms with Crippen LogP contribution >= 0.6 is 11.6 Å². The van der Waals surface area contributed by atoms with Crippen LogP contribution in [-0.4, -0.2) is 17.4 Å². The van der Waals surface area contributed by atoms with Gasteiger partial charge in [0.05, 0.1) is 10.6 Å². The van der Waals surface area contributed by atoms with E-state index in [4.69, 9.17) is 11.6 Å². The van der Waals surface area contributed by atoms with E-state index in [1.165, 1.54) is 12.1 Å². The standard InChI is InChI=1S/C17H14ClFN2O/c18-15-9-12(19)5-6-14(15)17(22)20-8-7-11-10-21-16-4-2-1-3-13(11)16/h1-6,9-10,21H,7-8H2,(H,20,22). The van der Waals surface area contributed by atoms with Crippen LogP contribution in [0.4, 0.5) is 4.39 Å². The molecular formula is C17H14ClFN2O. The Kier molecular flexibility index (Phi) is 4.11. The molecule has 3 aromatic rings. The number of benzene rings is 2. The van der Waals surface area contributed by atoms with Crippen molar-refractivity contribution in [3.05, 3.63) is 70.6 Å². The second-order valence-corrected chi connectivity index (χ2v) is 5.40. The van der Waals surface area contributed by atoms with Gasteiger partial charge >= 0.3 is 0 Å². The van der Waals surface area contributed by atoms with Crippen molar-refractivity contribution in [1.29, 1.82) is 0 Å². The van der Waals surface area contributed by atoms with Gasteiger partial charge in [0, 0.05) is 23.6 Å². The Morgan fingerprint density at radius 1 is 1.23 bits per heavy atom. The predicted octanol–water partition coefficient (Wildman–Crippen LogP) is 3.93. The maximum Gasteiger partial charge on any atom is 0.252 e. The molecule has 2 N–H and O–H groups in total. The van der Waals surface area contributed by atoms with Crippen LogP contribution in [0.15, 0.2) is 48.7 Å². The molecule has 0 aliphatic heterocycles. The molecule has 5 heteroatoms. The number of para-hydroxylation sites is 1. The van der Waals surface area contributed by atoms with Crippen molar-refractivity contribution in [3.63, 3.8) is 0 Å². The molecule has 0 atom stereocenters. The fourth-order valence-electron chi connectivity index (χ4n) is 2.42. The number of H-pyrrole nitrogens is 1. The fraction of sp³-hybridized carbons (Fsp3) is 0.118. The van der Waals surface area contributed by atoms with E-state index in [1.807, 2.05) is 30.5 Å². The molecule has 0 fully saturated rings. The van der Waals surface area contributed by atoms with E-state index in [2.05, 4.69) is 10.3 Å². The summed E-state index contributed by atoms with van der Waals surface area (Å²) in [6.45, 7) is 0.481. The van der Waals surface area contributed by atoms with Crippen molar-refractivity contribution >= 4 is 28.4 Å². The molecule has 0 spiro atoms. The first kappa shape index (κ1) is 14.6. The van der Waals surface area contributed by atoms with E-state index in [0.717, 1.165) is 22.5 Å². The van der Waals surface area contributed by atoms with Crippen molar-refractivity contribution in [1.82, 2.24) is 10.3 Å². The summed E-state index contributed by atoms with van der Waals surface area (Å²) in [6.07, 6.45) is 2.65. The number of nitrogens with one attached hydrogen (secondary N) is 2. The molecule has 1 aromatic heterocycles. The van der Waals surface area contributed by atoms with Crippen molar-refractivity contribution in [2.75, 3.05) is 6.54 Å². The first-order valence-corrected chi connectivity index (χ1v) is 7.31. The summed E-state index contributed by atoms with van der Waals surface area (Å²) in [5.74, 6) is -0.759. The summed E-state index contributed by atoms with van der Waals surface area (Å²) in [5, 5.41) is 4.07. The Morgan fingerprint density at radius 2 is 2.05 bits per heavy atom. The predicted molar refractivity (Wildman–Crippen MR) is 85.7 cm³/mol. The quantitative estimate of drug-likeness (QED) is 0.752. The lowest BCUT2D eigenvalue weighted by atomic mass is 10.1. The van der Waals surface area contributed by atoms with Gasteiger partial charge in [-0.2, -0.15) is 0 Å². The van der Waals surface area contributed by atoms with E-state index in [0.29, 0.717) is 13.0 Å². The number of fused-ring (bicyclic) bond motifs is 1. The van der Waals surface area contributed by atoms with Gasteiger partial charge in [-0.3, -0.25) is 4.79 Å². The Hall–Kier alpha value is -2.33. The maximum atomic E-state index is 13.0. The van der Waals surface area contributed by atoms with Gasteiger partial charge in [0.2, 0.25) is 0 Å². The number of hydrogen-bond acceptors (Lipinski definition) is 1. The number of halogens is 2. The minimum absolute atomic E-state index is 0.115. The lowest BCUT2D eigenvalue weighted by molar-refractivity contribution is 0.0954. The summed E-state index contributed by atoms with van der Waals surface area (Å²) in [6, 6.07) is 11.8. The number of carbonyl (C=O) groups excluding carboxylic acids is 1. The second kappa shape index (κ2) is 6.20. The Morgan fingerprint density at radius 3 is 2.86 bits per heavy atom. The topological polar surface area (TPSA) is 44.9 Å². The smallest absolute Gasteiger partial charge is 0.252 e. The van der Waals surface area contributed by atoms with Gasteiger partial charge in [-0.25, -0.2) is 4.39 Å². The van der Waals surface area contributed by atoms with Crippen LogP contribution < -0.4 is 5.32 Å². The third kappa shape index (κ3) is 2.97. The van der Waals surface area contributed by atoms with E-state index < -0.39 is 5.82 Å². The van der Waals surface area contributed by atoms with Crippen molar-refractivity contribution < 1.29 is 9.18 Å². The third-order valence-corrected chi connectivity index (χ3v) is 3.84. The lowest BCUT2D eigenvalue weighted by Gasteiger charge is -2.06. The van der Waals surface area contributed by atoms with Gasteiger partial charge in [-0.15, -0.1) is 0 Å². The number of hydrogen-bond donors (Lipinski definition) is 2. The number of aromatic nitrogens is 1. The summed E-state index contributed by atoms with van der Waals surface area (Å²) in [4.78, 5) is 15.2. The maximum absolute atomic E-state index is 13.0. The first-order valence-electron chi connectivity index (χ1n) is 6.93. The van der Waals surface area contributed by atoms with Crippen LogP contribution in [0.3, 0.4) is 0 Å². The van der Waals surface area contributed by atoms with Crippen LogP contribution in [0.5, 0.6) is 0 Å². The van der Waals surface area contributed by atoms with Gasteiger partial charge in [0.1, 0.15) is 5.82 Å². The highest BCUT2D eigenvalue weighted by atomic mass is 35.5. The highest BCUT2D eigenvalue weighted by Gasteiger charge is 2.11. The minimum atomic E-state index is -0.458. The Labute approximate surface area is 132 Å². The van der Waals surface area contributed by atoms with Gasteiger partial charge in [0.25, 0.3) is 5.91 Å². The number of carbonyl (C=O) groups is 1. The average Bonchev–Trinajstić information content (AvgIpc) is 2.90. The summed E-state index contributed by atoms with van der Waals surface area (Å²) in [5.41, 5.74) is 2.49. The van der Waals surface area contributed by atoms with Crippen LogP contribution in [-0.2, 0) is 6.42 Å². The monoisotopic (exact) mass is 316 g/mol. The summed E-state index contributed by atoms with van der Waals surface area (Å²) in [7, 11) is 0. The molecule has 0 saturated heterocycles. The molecule has 0 unspecified atom stereocenters. The minimum Gasteiger partial charge on any atom is -0.361 e. The molecule has 3 nitrogen and oxygen atoms in total. The molecule has 0 saturated carbocycles. The summed E-state index contributed by atoms with van der Waals surface area (Å²) >= 11 is 5.88. The lowest BCUT2D eigenvalue weighted by Crippen LogP contribution is -2.25. The number of amides is 1. The molecule has 22 heavy (non-hydrogen) atoms. The molecule has 3 rings (SSSR count). The van der Waals surface area contributed by atoms with Gasteiger partial charge in [0.15, 0.2) is 0 Å². The van der Waals surface area contributed by atoms with Gasteiger partial charge < -0.3 is 10.3 Å². The molecule has 112 valence electrons. The second-order valence-electron chi connectivity index (χ2n) is 4.99. The molecule has 0 radical (unpaired) electrons. The normalized spacial score (nSPS) is 10.8. The highest BCUT2D eigenvalue weighted by Crippen LogP contribution is 2.19. The molecule has 0 aliphatic rings. The van der Waals surface area contributed by atoms with Crippen molar-refractivity contribution in [3.8, 4) is 0 Å². The highest BCUT2D eigenvalue weighted by molar-refractivity contribution is 6.33. The van der Waals surface area contributed by atoms with Crippen LogP contribution in [0.2, 0.25) is 5.02 Å². The molecule has 1 amide bonds. The first-order chi connectivity index (χ1) is 10.6. The zero-order valence-corrected chi connectivity index (χ0v) is 12.5. The van der Waals surface area contributed by atoms with Crippen molar-refractivity contribution in [2.24, 2.45) is 0 Å². The third-order valence-electron chi connectivity index (χ3n) is 3.53. The van der Waals surface area contributed by atoms with Gasteiger partial charge in [-0.05, 0) is 36.2 Å². The average molecular weight is 317 g/mol. The molecule has 0 bridgehead atoms. The zero-order chi connectivity index (χ0) is 15.5. The van der Waals surface area contributed by atoms with Crippen LogP contribution in [0.25, 0.3) is 10.9 Å². The fourth-order valence-corrected chi connectivity index (χ4v) is 2.67. The van der Waals surface area contributed by atoms with E-state index in [9.17, 15) is 9.18 Å². The molecule has 0 aliphatic carbocycles. The number of aromatic amines is 1. The molecular weight excluding hydrogens is 303 g/mol. The molecule has 1 heterocycles. The Balaban J connectivity index is 1.64. The zero-order valence-electron chi connectivity index (χ0n) is 11.7. The summed E-state index contributed by atoms with van der Waals surface area (Å²) < 4.78 is 13.0. The van der Waals surface area contributed by atoms with Crippen molar-refractivity contribution in [2.45, 2.75) is 6.42 Å². The van der Waals surface area contributed by atoms with Crippen LogP contribution in [0, 0.1) is 5.82 Å². The van der Waals surface area contributed by atoms with E-state index in [1.54, 1.807) is 0 Å². The van der Waals surface area contributed by atoms with Crippen LogP contribution in [0.1, 0.15) is 15.9 Å². The largest absolute Gasteiger partial charge is 0.361 e. The Bertz CT molecular complexity index is 828. The SMILES string of the molecule is O=C(NCCc1c[nH]c2ccccc12)c1ccc(F)cc1Cl. The van der Waals surface area contributed by atoms with Gasteiger partial charge in [-0.1, -0.05) is 29.8 Å².